The summed E-state index contributed by atoms with van der Waals surface area (Å²) >= 11 is 4.91. The van der Waals surface area contributed by atoms with Gasteiger partial charge in [-0.15, -0.1) is 11.3 Å². The van der Waals surface area contributed by atoms with E-state index in [9.17, 15) is 4.79 Å². The van der Waals surface area contributed by atoms with Crippen LogP contribution in [0.4, 0.5) is 0 Å². The Bertz CT molecular complexity index is 441. The van der Waals surface area contributed by atoms with Crippen molar-refractivity contribution in [3.05, 3.63) is 20.8 Å². The maximum absolute atomic E-state index is 11.7. The number of hydrogen-bond donors (Lipinski definition) is 2. The van der Waals surface area contributed by atoms with E-state index in [-0.39, 0.29) is 11.9 Å². The molecule has 2 heterocycles. The maximum atomic E-state index is 11.7. The van der Waals surface area contributed by atoms with Gasteiger partial charge < -0.3 is 5.32 Å². The third-order valence-electron chi connectivity index (χ3n) is 2.04. The van der Waals surface area contributed by atoms with Crippen molar-refractivity contribution >= 4 is 39.1 Å². The Labute approximate surface area is 106 Å². The fourth-order valence-corrected chi connectivity index (χ4v) is 2.88. The van der Waals surface area contributed by atoms with Gasteiger partial charge in [0.05, 0.1) is 3.79 Å². The summed E-state index contributed by atoms with van der Waals surface area (Å²) < 4.78 is 1.01. The number of nitrogens with one attached hydrogen (secondary N) is 2. The summed E-state index contributed by atoms with van der Waals surface area (Å²) in [6.07, 6.45) is 0. The van der Waals surface area contributed by atoms with Crippen LogP contribution in [0.5, 0.6) is 0 Å². The second-order valence-electron chi connectivity index (χ2n) is 3.81. The van der Waals surface area contributed by atoms with Crippen molar-refractivity contribution in [1.82, 2.24) is 10.6 Å². The van der Waals surface area contributed by atoms with Gasteiger partial charge in [0.2, 0.25) is 0 Å². The van der Waals surface area contributed by atoms with Gasteiger partial charge in [0.15, 0.2) is 12.0 Å². The molecule has 1 unspecified atom stereocenters. The quantitative estimate of drug-likeness (QED) is 0.878. The van der Waals surface area contributed by atoms with E-state index in [1.165, 1.54) is 11.3 Å². The molecule has 1 aromatic heterocycles. The van der Waals surface area contributed by atoms with Crippen LogP contribution in [0.3, 0.4) is 0 Å². The molecule has 0 spiro atoms. The van der Waals surface area contributed by atoms with Gasteiger partial charge in [0.1, 0.15) is 0 Å². The van der Waals surface area contributed by atoms with Gasteiger partial charge in [0.25, 0.3) is 5.91 Å². The number of halogens is 1. The van der Waals surface area contributed by atoms with E-state index in [0.29, 0.717) is 5.96 Å². The Balaban J connectivity index is 2.17. The largest absolute Gasteiger partial charge is 0.354 e. The molecule has 4 nitrogen and oxygen atoms in total. The lowest BCUT2D eigenvalue weighted by atomic mass is 10.2. The summed E-state index contributed by atoms with van der Waals surface area (Å²) in [4.78, 5) is 17.0. The minimum atomic E-state index is -0.405. The molecule has 1 aliphatic heterocycles. The number of guanidine groups is 1. The summed E-state index contributed by atoms with van der Waals surface area (Å²) in [6, 6.07) is 3.70. The first-order valence-electron chi connectivity index (χ1n) is 4.96. The SMILES string of the molecule is CC(C)NC1=NC(c2ccc(Br)s2)C(=O)N1. The Morgan fingerprint density at radius 2 is 2.31 bits per heavy atom. The van der Waals surface area contributed by atoms with Gasteiger partial charge >= 0.3 is 0 Å². The van der Waals surface area contributed by atoms with Crippen LogP contribution in [-0.4, -0.2) is 17.9 Å². The molecule has 1 atom stereocenters. The molecule has 86 valence electrons. The molecule has 1 aromatic rings. The molecule has 2 N–H and O–H groups in total. The van der Waals surface area contributed by atoms with Crippen LogP contribution >= 0.6 is 27.3 Å². The van der Waals surface area contributed by atoms with Gasteiger partial charge in [-0.05, 0) is 41.9 Å². The predicted molar refractivity (Wildman–Crippen MR) is 68.6 cm³/mol. The summed E-state index contributed by atoms with van der Waals surface area (Å²) in [5.74, 6) is 0.493. The van der Waals surface area contributed by atoms with E-state index >= 15 is 0 Å². The highest BCUT2D eigenvalue weighted by atomic mass is 79.9. The summed E-state index contributed by atoms with van der Waals surface area (Å²) in [5.41, 5.74) is 0. The Hall–Kier alpha value is -0.880. The third-order valence-corrected chi connectivity index (χ3v) is 3.71. The molecule has 1 amide bonds. The normalized spacial score (nSPS) is 19.9. The van der Waals surface area contributed by atoms with E-state index in [1.54, 1.807) is 0 Å². The van der Waals surface area contributed by atoms with Crippen molar-refractivity contribution < 1.29 is 4.79 Å². The van der Waals surface area contributed by atoms with E-state index in [2.05, 4.69) is 31.6 Å². The number of hydrogen-bond acceptors (Lipinski definition) is 4. The smallest absolute Gasteiger partial charge is 0.257 e. The lowest BCUT2D eigenvalue weighted by Crippen LogP contribution is -2.40. The van der Waals surface area contributed by atoms with E-state index in [0.717, 1.165) is 8.66 Å². The molecule has 0 bridgehead atoms. The molecule has 2 rings (SSSR count). The molecule has 0 saturated heterocycles. The van der Waals surface area contributed by atoms with E-state index in [1.807, 2.05) is 26.0 Å². The van der Waals surface area contributed by atoms with Crippen LogP contribution in [0.15, 0.2) is 20.9 Å². The molecule has 16 heavy (non-hydrogen) atoms. The van der Waals surface area contributed by atoms with E-state index < -0.39 is 6.04 Å². The van der Waals surface area contributed by atoms with Gasteiger partial charge in [0, 0.05) is 10.9 Å². The van der Waals surface area contributed by atoms with Crippen LogP contribution < -0.4 is 10.6 Å². The molecule has 0 saturated carbocycles. The topological polar surface area (TPSA) is 53.5 Å². The van der Waals surface area contributed by atoms with Gasteiger partial charge in [-0.25, -0.2) is 4.99 Å². The first kappa shape index (κ1) is 11.6. The number of nitrogens with zero attached hydrogens (tertiary/aromatic N) is 1. The lowest BCUT2D eigenvalue weighted by Gasteiger charge is -2.07. The second kappa shape index (κ2) is 4.55. The molecule has 0 fully saturated rings. The third kappa shape index (κ3) is 2.44. The molecule has 0 aromatic carbocycles. The highest BCUT2D eigenvalue weighted by Gasteiger charge is 2.29. The monoisotopic (exact) mass is 301 g/mol. The van der Waals surface area contributed by atoms with E-state index in [4.69, 9.17) is 0 Å². The summed E-state index contributed by atoms with van der Waals surface area (Å²) in [5, 5.41) is 5.82. The Morgan fingerprint density at radius 3 is 2.88 bits per heavy atom. The van der Waals surface area contributed by atoms with Crippen LogP contribution in [-0.2, 0) is 4.79 Å². The highest BCUT2D eigenvalue weighted by molar-refractivity contribution is 9.11. The number of carbonyl (C=O) groups is 1. The molecular formula is C10H12BrN3OS. The van der Waals surface area contributed by atoms with Crippen molar-refractivity contribution in [2.45, 2.75) is 25.9 Å². The zero-order chi connectivity index (χ0) is 11.7. The molecule has 0 radical (unpaired) electrons. The standard InChI is InChI=1S/C10H12BrN3OS/c1-5(2)12-10-13-8(9(15)14-10)6-3-4-7(11)16-6/h3-5,8H,1-2H3,(H2,12,13,14,15). The first-order chi connectivity index (χ1) is 7.56. The zero-order valence-corrected chi connectivity index (χ0v) is 11.4. The molecule has 6 heteroatoms. The fourth-order valence-electron chi connectivity index (χ4n) is 1.42. The second-order valence-corrected chi connectivity index (χ2v) is 6.31. The van der Waals surface area contributed by atoms with Crippen LogP contribution in [0.2, 0.25) is 0 Å². The van der Waals surface area contributed by atoms with Crippen molar-refractivity contribution in [1.29, 1.82) is 0 Å². The number of thiophene rings is 1. The minimum Gasteiger partial charge on any atom is -0.354 e. The number of amides is 1. The van der Waals surface area contributed by atoms with Crippen LogP contribution in [0.1, 0.15) is 24.8 Å². The maximum Gasteiger partial charge on any atom is 0.257 e. The molecule has 0 aliphatic carbocycles. The van der Waals surface area contributed by atoms with Gasteiger partial charge in [-0.2, -0.15) is 0 Å². The van der Waals surface area contributed by atoms with Crippen molar-refractivity contribution in [3.63, 3.8) is 0 Å². The average Bonchev–Trinajstić information content (AvgIpc) is 2.72. The number of carbonyl (C=O) groups excluding carboxylic acids is 1. The number of rotatable bonds is 2. The fraction of sp³-hybridized carbons (Fsp3) is 0.400. The van der Waals surface area contributed by atoms with Gasteiger partial charge in [-0.3, -0.25) is 10.1 Å². The number of aliphatic imine (C=N–C) groups is 1. The van der Waals surface area contributed by atoms with Crippen molar-refractivity contribution in [2.24, 2.45) is 4.99 Å². The first-order valence-corrected chi connectivity index (χ1v) is 6.57. The Kier molecular flexibility index (Phi) is 3.30. The highest BCUT2D eigenvalue weighted by Crippen LogP contribution is 2.30. The Morgan fingerprint density at radius 1 is 1.56 bits per heavy atom. The van der Waals surface area contributed by atoms with Gasteiger partial charge in [-0.1, -0.05) is 0 Å². The lowest BCUT2D eigenvalue weighted by molar-refractivity contribution is -0.120. The summed E-state index contributed by atoms with van der Waals surface area (Å²) in [7, 11) is 0. The zero-order valence-electron chi connectivity index (χ0n) is 8.95. The van der Waals surface area contributed by atoms with Crippen molar-refractivity contribution in [2.75, 3.05) is 0 Å². The predicted octanol–water partition coefficient (Wildman–Crippen LogP) is 2.04. The molecular weight excluding hydrogens is 290 g/mol. The van der Waals surface area contributed by atoms with Crippen LogP contribution in [0.25, 0.3) is 0 Å². The minimum absolute atomic E-state index is 0.0718. The van der Waals surface area contributed by atoms with Crippen LogP contribution in [0, 0.1) is 0 Å². The van der Waals surface area contributed by atoms with Crippen molar-refractivity contribution in [3.8, 4) is 0 Å². The summed E-state index contributed by atoms with van der Waals surface area (Å²) in [6.45, 7) is 4.01. The average molecular weight is 302 g/mol. The molecule has 1 aliphatic rings.